The van der Waals surface area contributed by atoms with E-state index in [2.05, 4.69) is 11.0 Å². The van der Waals surface area contributed by atoms with Gasteiger partial charge in [0.25, 0.3) is 0 Å². The van der Waals surface area contributed by atoms with Gasteiger partial charge in [-0.25, -0.2) is 4.79 Å². The predicted octanol–water partition coefficient (Wildman–Crippen LogP) is 4.40. The van der Waals surface area contributed by atoms with Crippen LogP contribution in [0, 0.1) is 11.3 Å². The molecule has 5 nitrogen and oxygen atoms in total. The van der Waals surface area contributed by atoms with Crippen LogP contribution in [0.1, 0.15) is 29.5 Å². The van der Waals surface area contributed by atoms with Crippen molar-refractivity contribution in [2.45, 2.75) is 31.8 Å². The lowest BCUT2D eigenvalue weighted by Gasteiger charge is -2.37. The Morgan fingerprint density at radius 3 is 2.54 bits per heavy atom. The number of nitrogens with zero attached hydrogens (tertiary/aromatic N) is 3. The zero-order chi connectivity index (χ0) is 19.9. The van der Waals surface area contributed by atoms with Crippen LogP contribution >= 0.6 is 11.6 Å². The summed E-state index contributed by atoms with van der Waals surface area (Å²) >= 11 is 5.98. The van der Waals surface area contributed by atoms with Crippen LogP contribution < -0.4 is 0 Å². The van der Waals surface area contributed by atoms with Crippen molar-refractivity contribution < 1.29 is 9.90 Å². The minimum Gasteiger partial charge on any atom is -0.465 e. The molecule has 0 bridgehead atoms. The average molecular weight is 398 g/mol. The fourth-order valence-electron chi connectivity index (χ4n) is 3.71. The molecule has 1 aliphatic heterocycles. The van der Waals surface area contributed by atoms with Crippen LogP contribution in [-0.2, 0) is 13.0 Å². The van der Waals surface area contributed by atoms with Crippen molar-refractivity contribution in [1.29, 1.82) is 5.26 Å². The Bertz CT molecular complexity index is 840. The molecule has 6 heteroatoms. The first-order valence-electron chi connectivity index (χ1n) is 9.50. The number of amides is 1. The number of piperidine rings is 1. The van der Waals surface area contributed by atoms with Gasteiger partial charge in [0.15, 0.2) is 0 Å². The smallest absolute Gasteiger partial charge is 0.407 e. The summed E-state index contributed by atoms with van der Waals surface area (Å²) in [6.07, 6.45) is 1.71. The summed E-state index contributed by atoms with van der Waals surface area (Å²) in [6, 6.07) is 18.1. The number of benzene rings is 2. The van der Waals surface area contributed by atoms with Crippen LogP contribution in [0.2, 0.25) is 5.02 Å². The topological polar surface area (TPSA) is 67.6 Å². The third-order valence-corrected chi connectivity index (χ3v) is 5.55. The molecule has 0 spiro atoms. The highest BCUT2D eigenvalue weighted by Crippen LogP contribution is 2.21. The molecule has 0 unspecified atom stereocenters. The molecule has 1 fully saturated rings. The zero-order valence-electron chi connectivity index (χ0n) is 15.7. The highest BCUT2D eigenvalue weighted by molar-refractivity contribution is 6.30. The van der Waals surface area contributed by atoms with E-state index >= 15 is 0 Å². The monoisotopic (exact) mass is 397 g/mol. The first-order chi connectivity index (χ1) is 13.5. The van der Waals surface area contributed by atoms with Gasteiger partial charge in [-0.3, -0.25) is 4.90 Å². The van der Waals surface area contributed by atoms with Crippen LogP contribution in [0.3, 0.4) is 0 Å². The molecule has 2 aromatic rings. The van der Waals surface area contributed by atoms with E-state index in [4.69, 9.17) is 16.9 Å². The highest BCUT2D eigenvalue weighted by Gasteiger charge is 2.26. The van der Waals surface area contributed by atoms with Crippen LogP contribution in [-0.4, -0.2) is 46.7 Å². The summed E-state index contributed by atoms with van der Waals surface area (Å²) in [7, 11) is 0. The summed E-state index contributed by atoms with van der Waals surface area (Å²) in [5, 5.41) is 19.1. The van der Waals surface area contributed by atoms with Crippen LogP contribution in [0.5, 0.6) is 0 Å². The molecule has 3 rings (SSSR count). The van der Waals surface area contributed by atoms with Gasteiger partial charge in [-0.15, -0.1) is 0 Å². The van der Waals surface area contributed by atoms with E-state index in [9.17, 15) is 9.90 Å². The number of rotatable bonds is 6. The SMILES string of the molecule is N#Cc1cccc(CN(CCc2ccc(Cl)cc2)C2CCN(C(=O)O)CC2)c1. The quantitative estimate of drug-likeness (QED) is 0.784. The summed E-state index contributed by atoms with van der Waals surface area (Å²) in [5.74, 6) is 0. The minimum atomic E-state index is -0.840. The van der Waals surface area contributed by atoms with Gasteiger partial charge in [-0.05, 0) is 54.7 Å². The summed E-state index contributed by atoms with van der Waals surface area (Å²) in [4.78, 5) is 15.1. The molecule has 2 aromatic carbocycles. The number of carboxylic acid groups (broad SMARTS) is 1. The lowest BCUT2D eigenvalue weighted by molar-refractivity contribution is 0.0917. The Balaban J connectivity index is 1.70. The van der Waals surface area contributed by atoms with Crippen molar-refractivity contribution in [3.05, 3.63) is 70.2 Å². The van der Waals surface area contributed by atoms with Gasteiger partial charge in [0.1, 0.15) is 0 Å². The molecule has 1 saturated heterocycles. The van der Waals surface area contributed by atoms with E-state index in [1.165, 1.54) is 10.5 Å². The maximum Gasteiger partial charge on any atom is 0.407 e. The molecule has 0 aromatic heterocycles. The van der Waals surface area contributed by atoms with Crippen LogP contribution in [0.15, 0.2) is 48.5 Å². The van der Waals surface area contributed by atoms with Gasteiger partial charge in [-0.1, -0.05) is 35.9 Å². The van der Waals surface area contributed by atoms with Gasteiger partial charge < -0.3 is 10.0 Å². The summed E-state index contributed by atoms with van der Waals surface area (Å²) in [6.45, 7) is 2.75. The molecule has 28 heavy (non-hydrogen) atoms. The lowest BCUT2D eigenvalue weighted by Crippen LogP contribution is -2.46. The minimum absolute atomic E-state index is 0.327. The van der Waals surface area contributed by atoms with Crippen molar-refractivity contribution >= 4 is 17.7 Å². The highest BCUT2D eigenvalue weighted by atomic mass is 35.5. The molecule has 1 N–H and O–H groups in total. The molecule has 0 radical (unpaired) electrons. The maximum absolute atomic E-state index is 11.2. The Hall–Kier alpha value is -2.55. The number of halogens is 1. The maximum atomic E-state index is 11.2. The van der Waals surface area contributed by atoms with Gasteiger partial charge in [0.05, 0.1) is 11.6 Å². The van der Waals surface area contributed by atoms with E-state index in [0.717, 1.165) is 42.9 Å². The van der Waals surface area contributed by atoms with Crippen LogP contribution in [0.25, 0.3) is 0 Å². The first kappa shape index (κ1) is 20.2. The van der Waals surface area contributed by atoms with Crippen molar-refractivity contribution in [3.63, 3.8) is 0 Å². The van der Waals surface area contributed by atoms with Crippen molar-refractivity contribution in [1.82, 2.24) is 9.80 Å². The predicted molar refractivity (Wildman–Crippen MR) is 109 cm³/mol. The zero-order valence-corrected chi connectivity index (χ0v) is 16.5. The van der Waals surface area contributed by atoms with Gasteiger partial charge in [0.2, 0.25) is 0 Å². The molecule has 1 aliphatic rings. The molecular weight excluding hydrogens is 374 g/mol. The Morgan fingerprint density at radius 2 is 1.89 bits per heavy atom. The second kappa shape index (κ2) is 9.59. The first-order valence-corrected chi connectivity index (χ1v) is 9.88. The fourth-order valence-corrected chi connectivity index (χ4v) is 3.84. The normalized spacial score (nSPS) is 14.8. The number of nitriles is 1. The van der Waals surface area contributed by atoms with Crippen molar-refractivity contribution in [2.24, 2.45) is 0 Å². The molecular formula is C22H24ClN3O2. The number of hydrogen-bond donors (Lipinski definition) is 1. The van der Waals surface area contributed by atoms with E-state index in [1.807, 2.05) is 48.5 Å². The summed E-state index contributed by atoms with van der Waals surface area (Å²) < 4.78 is 0. The Morgan fingerprint density at radius 1 is 1.18 bits per heavy atom. The Kier molecular flexibility index (Phi) is 6.91. The third-order valence-electron chi connectivity index (χ3n) is 5.29. The average Bonchev–Trinajstić information content (AvgIpc) is 2.72. The van der Waals surface area contributed by atoms with E-state index in [1.54, 1.807) is 0 Å². The van der Waals surface area contributed by atoms with Crippen molar-refractivity contribution in [2.75, 3.05) is 19.6 Å². The van der Waals surface area contributed by atoms with Crippen LogP contribution in [0.4, 0.5) is 4.79 Å². The van der Waals surface area contributed by atoms with Gasteiger partial charge in [0, 0.05) is 37.2 Å². The van der Waals surface area contributed by atoms with Gasteiger partial charge in [-0.2, -0.15) is 5.26 Å². The largest absolute Gasteiger partial charge is 0.465 e. The van der Waals surface area contributed by atoms with E-state index in [-0.39, 0.29) is 0 Å². The molecule has 0 atom stereocenters. The number of likely N-dealkylation sites (tertiary alicyclic amines) is 1. The van der Waals surface area contributed by atoms with E-state index < -0.39 is 6.09 Å². The second-order valence-corrected chi connectivity index (χ2v) is 7.60. The third kappa shape index (κ3) is 5.48. The standard InChI is InChI=1S/C22H24ClN3O2/c23-20-6-4-17(5-7-20)8-11-26(16-19-3-1-2-18(14-19)15-24)21-9-12-25(13-10-21)22(27)28/h1-7,14,21H,8-13,16H2,(H,27,28). The second-order valence-electron chi connectivity index (χ2n) is 7.16. The Labute approximate surface area is 170 Å². The summed E-state index contributed by atoms with van der Waals surface area (Å²) in [5.41, 5.74) is 3.00. The van der Waals surface area contributed by atoms with Gasteiger partial charge >= 0.3 is 6.09 Å². The number of hydrogen-bond acceptors (Lipinski definition) is 3. The number of carbonyl (C=O) groups is 1. The molecule has 1 amide bonds. The van der Waals surface area contributed by atoms with Crippen molar-refractivity contribution in [3.8, 4) is 6.07 Å². The molecule has 1 heterocycles. The molecule has 0 aliphatic carbocycles. The lowest BCUT2D eigenvalue weighted by atomic mass is 10.0. The van der Waals surface area contributed by atoms with E-state index in [0.29, 0.717) is 24.7 Å². The fraction of sp³-hybridized carbons (Fsp3) is 0.364. The molecule has 0 saturated carbocycles. The molecule has 146 valence electrons.